The lowest BCUT2D eigenvalue weighted by Crippen LogP contribution is -2.19. The van der Waals surface area contributed by atoms with Crippen molar-refractivity contribution in [2.45, 2.75) is 0 Å². The molecule has 8 nitrogen and oxygen atoms in total. The second-order valence-corrected chi connectivity index (χ2v) is 5.37. The van der Waals surface area contributed by atoms with E-state index in [1.807, 2.05) is 0 Å². The van der Waals surface area contributed by atoms with Crippen molar-refractivity contribution in [3.63, 3.8) is 0 Å². The molecule has 0 atom stereocenters. The first-order valence-electron chi connectivity index (χ1n) is 7.36. The Hall–Kier alpha value is -3.29. The molecular formula is C17H19N3O5. The number of anilines is 2. The van der Waals surface area contributed by atoms with Gasteiger partial charge in [0.25, 0.3) is 11.6 Å². The van der Waals surface area contributed by atoms with E-state index in [1.165, 1.54) is 32.4 Å². The Kier molecular flexibility index (Phi) is 5.43. The summed E-state index contributed by atoms with van der Waals surface area (Å²) < 4.78 is 10.4. The van der Waals surface area contributed by atoms with Gasteiger partial charge in [-0.15, -0.1) is 0 Å². The van der Waals surface area contributed by atoms with E-state index >= 15 is 0 Å². The summed E-state index contributed by atoms with van der Waals surface area (Å²) in [6.07, 6.45) is 0. The van der Waals surface area contributed by atoms with Crippen LogP contribution in [0.3, 0.4) is 0 Å². The number of nitrogens with zero attached hydrogens (tertiary/aromatic N) is 2. The van der Waals surface area contributed by atoms with Crippen LogP contribution < -0.4 is 19.7 Å². The summed E-state index contributed by atoms with van der Waals surface area (Å²) in [5.41, 5.74) is 1.04. The van der Waals surface area contributed by atoms with Gasteiger partial charge < -0.3 is 19.7 Å². The number of methoxy groups -OCH3 is 2. The van der Waals surface area contributed by atoms with Crippen LogP contribution in [-0.4, -0.2) is 39.1 Å². The first-order chi connectivity index (χ1) is 11.9. The summed E-state index contributed by atoms with van der Waals surface area (Å²) in [5.74, 6) is 0.527. The van der Waals surface area contributed by atoms with Gasteiger partial charge in [0, 0.05) is 38.0 Å². The van der Waals surface area contributed by atoms with E-state index in [9.17, 15) is 14.9 Å². The summed E-state index contributed by atoms with van der Waals surface area (Å²) in [7, 11) is 6.51. The van der Waals surface area contributed by atoms with Gasteiger partial charge in [0.2, 0.25) is 0 Å². The number of nitro groups is 1. The molecule has 0 radical (unpaired) electrons. The number of carbonyl (C=O) groups excluding carboxylic acids is 1. The van der Waals surface area contributed by atoms with Crippen molar-refractivity contribution in [2.24, 2.45) is 0 Å². The van der Waals surface area contributed by atoms with Gasteiger partial charge in [0.15, 0.2) is 0 Å². The van der Waals surface area contributed by atoms with Crippen LogP contribution in [0.5, 0.6) is 11.5 Å². The maximum Gasteiger partial charge on any atom is 0.270 e. The smallest absolute Gasteiger partial charge is 0.270 e. The highest BCUT2D eigenvalue weighted by molar-refractivity contribution is 6.09. The Labute approximate surface area is 145 Å². The van der Waals surface area contributed by atoms with E-state index in [2.05, 4.69) is 5.32 Å². The number of benzene rings is 2. The highest BCUT2D eigenvalue weighted by Crippen LogP contribution is 2.31. The van der Waals surface area contributed by atoms with Crippen molar-refractivity contribution >= 4 is 23.0 Å². The standard InChI is InChI=1S/C17H19N3O5/c1-19(2)15-8-5-11(20(22)23)9-13(15)17(21)18-14-7-6-12(24-3)10-16(14)25-4/h5-10H,1-4H3,(H,18,21). The van der Waals surface area contributed by atoms with Crippen LogP contribution in [0.1, 0.15) is 10.4 Å². The average Bonchev–Trinajstić information content (AvgIpc) is 2.61. The van der Waals surface area contributed by atoms with Gasteiger partial charge in [-0.1, -0.05) is 0 Å². The third kappa shape index (κ3) is 3.97. The monoisotopic (exact) mass is 345 g/mol. The maximum absolute atomic E-state index is 12.7. The van der Waals surface area contributed by atoms with Crippen LogP contribution in [0.2, 0.25) is 0 Å². The van der Waals surface area contributed by atoms with Crippen molar-refractivity contribution in [3.05, 3.63) is 52.1 Å². The zero-order chi connectivity index (χ0) is 18.6. The van der Waals surface area contributed by atoms with Gasteiger partial charge in [-0.05, 0) is 18.2 Å². The molecule has 132 valence electrons. The highest BCUT2D eigenvalue weighted by atomic mass is 16.6. The van der Waals surface area contributed by atoms with Crippen molar-refractivity contribution in [1.82, 2.24) is 0 Å². The zero-order valence-electron chi connectivity index (χ0n) is 14.4. The number of nitrogens with one attached hydrogen (secondary N) is 1. The molecule has 25 heavy (non-hydrogen) atoms. The van der Waals surface area contributed by atoms with Crippen LogP contribution in [0.4, 0.5) is 17.1 Å². The fraction of sp³-hybridized carbons (Fsp3) is 0.235. The van der Waals surface area contributed by atoms with E-state index in [4.69, 9.17) is 9.47 Å². The lowest BCUT2D eigenvalue weighted by Gasteiger charge is -2.17. The topological polar surface area (TPSA) is 93.9 Å². The number of amides is 1. The molecule has 0 fully saturated rings. The van der Waals surface area contributed by atoms with Gasteiger partial charge in [-0.2, -0.15) is 0 Å². The van der Waals surface area contributed by atoms with Gasteiger partial charge in [0.05, 0.1) is 30.4 Å². The number of carbonyl (C=O) groups is 1. The average molecular weight is 345 g/mol. The molecule has 0 unspecified atom stereocenters. The Morgan fingerprint density at radius 3 is 2.40 bits per heavy atom. The molecule has 0 saturated carbocycles. The third-order valence-corrected chi connectivity index (χ3v) is 3.57. The summed E-state index contributed by atoms with van der Waals surface area (Å²) in [6.45, 7) is 0. The SMILES string of the molecule is COc1ccc(NC(=O)c2cc([N+](=O)[O-])ccc2N(C)C)c(OC)c1. The second kappa shape index (κ2) is 7.52. The molecule has 1 N–H and O–H groups in total. The van der Waals surface area contributed by atoms with Gasteiger partial charge >= 0.3 is 0 Å². The quantitative estimate of drug-likeness (QED) is 0.639. The molecule has 0 aliphatic heterocycles. The lowest BCUT2D eigenvalue weighted by molar-refractivity contribution is -0.384. The Morgan fingerprint density at radius 2 is 1.84 bits per heavy atom. The fourth-order valence-electron chi connectivity index (χ4n) is 2.30. The van der Waals surface area contributed by atoms with Crippen LogP contribution in [0.15, 0.2) is 36.4 Å². The molecule has 0 bridgehead atoms. The van der Waals surface area contributed by atoms with Gasteiger partial charge in [-0.25, -0.2) is 0 Å². The van der Waals surface area contributed by atoms with Crippen LogP contribution in [0, 0.1) is 10.1 Å². The first-order valence-corrected chi connectivity index (χ1v) is 7.36. The number of hydrogen-bond acceptors (Lipinski definition) is 6. The largest absolute Gasteiger partial charge is 0.497 e. The molecular weight excluding hydrogens is 326 g/mol. The Bertz CT molecular complexity index is 805. The lowest BCUT2D eigenvalue weighted by atomic mass is 10.1. The molecule has 0 aliphatic rings. The van der Waals surface area contributed by atoms with E-state index in [0.717, 1.165) is 0 Å². The van der Waals surface area contributed by atoms with E-state index in [1.54, 1.807) is 37.2 Å². The first kappa shape index (κ1) is 18.1. The number of rotatable bonds is 6. The van der Waals surface area contributed by atoms with Crippen LogP contribution in [0.25, 0.3) is 0 Å². The minimum absolute atomic E-state index is 0.155. The predicted molar refractivity (Wildman–Crippen MR) is 94.9 cm³/mol. The second-order valence-electron chi connectivity index (χ2n) is 5.37. The number of non-ortho nitro benzene ring substituents is 1. The van der Waals surface area contributed by atoms with Crippen molar-refractivity contribution in [1.29, 1.82) is 0 Å². The van der Waals surface area contributed by atoms with Crippen molar-refractivity contribution < 1.29 is 19.2 Å². The molecule has 2 aromatic rings. The number of hydrogen-bond donors (Lipinski definition) is 1. The zero-order valence-corrected chi connectivity index (χ0v) is 14.4. The minimum Gasteiger partial charge on any atom is -0.497 e. The third-order valence-electron chi connectivity index (χ3n) is 3.57. The molecule has 1 amide bonds. The van der Waals surface area contributed by atoms with E-state index in [0.29, 0.717) is 22.9 Å². The molecule has 2 rings (SSSR count). The Morgan fingerprint density at radius 1 is 1.12 bits per heavy atom. The number of ether oxygens (including phenoxy) is 2. The molecule has 2 aromatic carbocycles. The van der Waals surface area contributed by atoms with Crippen LogP contribution in [-0.2, 0) is 0 Å². The number of nitro benzene ring substituents is 1. The Balaban J connectivity index is 2.40. The van der Waals surface area contributed by atoms with Crippen molar-refractivity contribution in [2.75, 3.05) is 38.5 Å². The maximum atomic E-state index is 12.7. The fourth-order valence-corrected chi connectivity index (χ4v) is 2.30. The summed E-state index contributed by atoms with van der Waals surface area (Å²) in [5, 5.41) is 13.7. The highest BCUT2D eigenvalue weighted by Gasteiger charge is 2.19. The molecule has 0 heterocycles. The molecule has 0 saturated heterocycles. The molecule has 8 heteroatoms. The van der Waals surface area contributed by atoms with Gasteiger partial charge in [-0.3, -0.25) is 14.9 Å². The van der Waals surface area contributed by atoms with E-state index < -0.39 is 10.8 Å². The molecule has 0 spiro atoms. The molecule has 0 aliphatic carbocycles. The normalized spacial score (nSPS) is 10.1. The minimum atomic E-state index is -0.538. The van der Waals surface area contributed by atoms with E-state index in [-0.39, 0.29) is 11.3 Å². The van der Waals surface area contributed by atoms with Crippen LogP contribution >= 0.6 is 0 Å². The summed E-state index contributed by atoms with van der Waals surface area (Å²) in [4.78, 5) is 24.9. The van der Waals surface area contributed by atoms with Crippen molar-refractivity contribution in [3.8, 4) is 11.5 Å². The van der Waals surface area contributed by atoms with Gasteiger partial charge in [0.1, 0.15) is 11.5 Å². The summed E-state index contributed by atoms with van der Waals surface area (Å²) in [6, 6.07) is 9.11. The summed E-state index contributed by atoms with van der Waals surface area (Å²) >= 11 is 0. The molecule has 0 aromatic heterocycles. The predicted octanol–water partition coefficient (Wildman–Crippen LogP) is 2.93.